The maximum atomic E-state index is 14.1. The molecule has 0 heterocycles. The number of alkyl halides is 2. The molecule has 0 radical (unpaired) electrons. The number of halogens is 2. The van der Waals surface area contributed by atoms with Gasteiger partial charge in [-0.2, -0.15) is 8.78 Å². The fourth-order valence-corrected chi connectivity index (χ4v) is 2.09. The van der Waals surface area contributed by atoms with Crippen LogP contribution in [0, 0.1) is 0 Å². The number of amides is 1. The number of benzene rings is 1. The molecule has 0 spiro atoms. The number of hydrogen-bond acceptors (Lipinski definition) is 2. The second-order valence-corrected chi connectivity index (χ2v) is 6.18. The third-order valence-electron chi connectivity index (χ3n) is 2.95. The van der Waals surface area contributed by atoms with E-state index in [9.17, 15) is 18.4 Å². The molecule has 22 heavy (non-hydrogen) atoms. The monoisotopic (exact) mass is 315 g/mol. The molecule has 1 rings (SSSR count). The lowest BCUT2D eigenvalue weighted by atomic mass is 10.1. The molecule has 1 aromatic rings. The molecular weight excluding hydrogens is 294 g/mol. The molecule has 5 nitrogen and oxygen atoms in total. The van der Waals surface area contributed by atoms with Crippen molar-refractivity contribution in [1.29, 1.82) is 0 Å². The fraction of sp³-hybridized carbons (Fsp3) is 0.467. The minimum Gasteiger partial charge on any atom is -0.481 e. The molecule has 0 saturated heterocycles. The van der Waals surface area contributed by atoms with E-state index in [1.165, 1.54) is 12.1 Å². The summed E-state index contributed by atoms with van der Waals surface area (Å²) >= 11 is 0. The Hall–Kier alpha value is -2.02. The summed E-state index contributed by atoms with van der Waals surface area (Å²) in [5, 5.41) is 11.0. The van der Waals surface area contributed by atoms with E-state index >= 15 is 0 Å². The Kier molecular flexibility index (Phi) is 5.59. The first-order chi connectivity index (χ1) is 10.0. The predicted molar refractivity (Wildman–Crippen MR) is 77.4 cm³/mol. The normalized spacial score (nSPS) is 13.5. The number of quaternary nitrogens is 1. The van der Waals surface area contributed by atoms with Crippen LogP contribution in [0.25, 0.3) is 0 Å². The highest BCUT2D eigenvalue weighted by Gasteiger charge is 2.42. The lowest BCUT2D eigenvalue weighted by molar-refractivity contribution is -0.871. The van der Waals surface area contributed by atoms with Crippen LogP contribution in [0.3, 0.4) is 0 Å². The zero-order valence-electron chi connectivity index (χ0n) is 12.8. The summed E-state index contributed by atoms with van der Waals surface area (Å²) in [7, 11) is 5.36. The molecule has 0 fully saturated rings. The standard InChI is InChI=1S/C15H20F2N2O3/c1-19(2,3)10-12(9-13(20)21)18-14(22)15(16,17)11-7-5-4-6-8-11/h4-8,12H,9-10H2,1-3H3,(H-,18,20,21,22)/p+1. The van der Waals surface area contributed by atoms with Crippen molar-refractivity contribution in [2.24, 2.45) is 0 Å². The lowest BCUT2D eigenvalue weighted by Crippen LogP contribution is -2.52. The minimum atomic E-state index is -3.71. The van der Waals surface area contributed by atoms with Crippen LogP contribution >= 0.6 is 0 Å². The van der Waals surface area contributed by atoms with Gasteiger partial charge in [-0.15, -0.1) is 0 Å². The predicted octanol–water partition coefficient (Wildman–Crippen LogP) is 1.44. The summed E-state index contributed by atoms with van der Waals surface area (Å²) in [6.07, 6.45) is -0.411. The first-order valence-electron chi connectivity index (χ1n) is 6.79. The molecule has 0 bridgehead atoms. The Balaban J connectivity index is 2.88. The summed E-state index contributed by atoms with van der Waals surface area (Å²) in [5.41, 5.74) is -0.424. The highest BCUT2D eigenvalue weighted by Crippen LogP contribution is 2.28. The van der Waals surface area contributed by atoms with Crippen molar-refractivity contribution < 1.29 is 28.0 Å². The van der Waals surface area contributed by atoms with Gasteiger partial charge in [-0.1, -0.05) is 30.3 Å². The lowest BCUT2D eigenvalue weighted by Gasteiger charge is -2.30. The average molecular weight is 315 g/mol. The van der Waals surface area contributed by atoms with Gasteiger partial charge in [0.05, 0.1) is 40.2 Å². The van der Waals surface area contributed by atoms with Crippen LogP contribution in [0.5, 0.6) is 0 Å². The summed E-state index contributed by atoms with van der Waals surface area (Å²) in [6.45, 7) is 0.225. The minimum absolute atomic E-state index is 0.225. The number of carboxylic acids is 1. The maximum Gasteiger partial charge on any atom is 0.349 e. The average Bonchev–Trinajstić information content (AvgIpc) is 2.36. The molecular formula is C15H21F2N2O3+. The molecule has 0 aliphatic rings. The van der Waals surface area contributed by atoms with Crippen LogP contribution < -0.4 is 5.32 Å². The molecule has 0 aromatic heterocycles. The van der Waals surface area contributed by atoms with Crippen LogP contribution in [0.4, 0.5) is 8.78 Å². The second kappa shape index (κ2) is 6.83. The number of carboxylic acid groups (broad SMARTS) is 1. The molecule has 0 aliphatic heterocycles. The van der Waals surface area contributed by atoms with E-state index in [0.29, 0.717) is 4.48 Å². The van der Waals surface area contributed by atoms with E-state index in [0.717, 1.165) is 12.1 Å². The van der Waals surface area contributed by atoms with Crippen LogP contribution in [0.15, 0.2) is 30.3 Å². The molecule has 2 N–H and O–H groups in total. The van der Waals surface area contributed by atoms with Gasteiger partial charge in [0, 0.05) is 5.56 Å². The van der Waals surface area contributed by atoms with Crippen molar-refractivity contribution in [3.05, 3.63) is 35.9 Å². The third kappa shape index (κ3) is 5.40. The third-order valence-corrected chi connectivity index (χ3v) is 2.95. The van der Waals surface area contributed by atoms with Gasteiger partial charge in [-0.3, -0.25) is 9.59 Å². The quantitative estimate of drug-likeness (QED) is 0.748. The van der Waals surface area contributed by atoms with E-state index in [4.69, 9.17) is 5.11 Å². The van der Waals surface area contributed by atoms with Gasteiger partial charge in [0.25, 0.3) is 5.91 Å². The van der Waals surface area contributed by atoms with Gasteiger partial charge in [0.1, 0.15) is 0 Å². The van der Waals surface area contributed by atoms with Gasteiger partial charge < -0.3 is 14.9 Å². The van der Waals surface area contributed by atoms with Gasteiger partial charge in [0.15, 0.2) is 0 Å². The Morgan fingerprint density at radius 2 is 1.77 bits per heavy atom. The van der Waals surface area contributed by atoms with E-state index < -0.39 is 35.8 Å². The van der Waals surface area contributed by atoms with Crippen molar-refractivity contribution in [2.45, 2.75) is 18.4 Å². The molecule has 0 aliphatic carbocycles. The van der Waals surface area contributed by atoms with Gasteiger partial charge in [0.2, 0.25) is 0 Å². The number of nitrogens with one attached hydrogen (secondary N) is 1. The first-order valence-corrected chi connectivity index (χ1v) is 6.79. The molecule has 1 amide bonds. The highest BCUT2D eigenvalue weighted by atomic mass is 19.3. The Morgan fingerprint density at radius 1 is 1.23 bits per heavy atom. The molecule has 0 saturated carbocycles. The van der Waals surface area contributed by atoms with Gasteiger partial charge in [-0.25, -0.2) is 0 Å². The van der Waals surface area contributed by atoms with Crippen LogP contribution in [-0.2, 0) is 15.5 Å². The van der Waals surface area contributed by atoms with E-state index in [2.05, 4.69) is 5.32 Å². The fourth-order valence-electron chi connectivity index (χ4n) is 2.09. The number of hydrogen-bond donors (Lipinski definition) is 2. The second-order valence-electron chi connectivity index (χ2n) is 6.18. The number of carbonyl (C=O) groups excluding carboxylic acids is 1. The number of carbonyl (C=O) groups is 2. The van der Waals surface area contributed by atoms with Gasteiger partial charge >= 0.3 is 11.9 Å². The summed E-state index contributed by atoms with van der Waals surface area (Å²) in [5.74, 6) is -6.34. The number of nitrogens with zero attached hydrogens (tertiary/aromatic N) is 1. The van der Waals surface area contributed by atoms with E-state index in [1.807, 2.05) is 0 Å². The van der Waals surface area contributed by atoms with Crippen LogP contribution in [0.1, 0.15) is 12.0 Å². The van der Waals surface area contributed by atoms with Crippen molar-refractivity contribution in [3.63, 3.8) is 0 Å². The number of rotatable bonds is 7. The number of aliphatic carboxylic acids is 1. The van der Waals surface area contributed by atoms with E-state index in [-0.39, 0.29) is 6.54 Å². The van der Waals surface area contributed by atoms with Crippen LogP contribution in [0.2, 0.25) is 0 Å². The summed E-state index contributed by atoms with van der Waals surface area (Å²) in [4.78, 5) is 22.7. The summed E-state index contributed by atoms with van der Waals surface area (Å²) in [6, 6.07) is 5.84. The maximum absolute atomic E-state index is 14.1. The zero-order chi connectivity index (χ0) is 17.0. The van der Waals surface area contributed by atoms with Crippen molar-refractivity contribution in [2.75, 3.05) is 27.7 Å². The van der Waals surface area contributed by atoms with Crippen LogP contribution in [-0.4, -0.2) is 55.2 Å². The Morgan fingerprint density at radius 3 is 2.23 bits per heavy atom. The first kappa shape index (κ1) is 18.0. The molecule has 7 heteroatoms. The number of likely N-dealkylation sites (N-methyl/N-ethyl adjacent to an activating group) is 1. The zero-order valence-corrected chi connectivity index (χ0v) is 12.8. The Bertz CT molecular complexity index is 527. The highest BCUT2D eigenvalue weighted by molar-refractivity contribution is 5.85. The SMILES string of the molecule is C[N+](C)(C)CC(CC(=O)O)NC(=O)C(F)(F)c1ccccc1. The van der Waals surface area contributed by atoms with Crippen molar-refractivity contribution in [3.8, 4) is 0 Å². The van der Waals surface area contributed by atoms with E-state index in [1.54, 1.807) is 27.2 Å². The molecule has 1 aromatic carbocycles. The summed E-state index contributed by atoms with van der Waals surface area (Å²) < 4.78 is 28.6. The van der Waals surface area contributed by atoms with Gasteiger partial charge in [-0.05, 0) is 0 Å². The van der Waals surface area contributed by atoms with Crippen molar-refractivity contribution >= 4 is 11.9 Å². The molecule has 122 valence electrons. The molecule has 1 unspecified atom stereocenters. The Labute approximate surface area is 128 Å². The smallest absolute Gasteiger partial charge is 0.349 e. The van der Waals surface area contributed by atoms with Crippen molar-refractivity contribution in [1.82, 2.24) is 5.32 Å². The molecule has 1 atom stereocenters. The topological polar surface area (TPSA) is 66.4 Å². The largest absolute Gasteiger partial charge is 0.481 e.